The first kappa shape index (κ1) is 44.9. The maximum atomic E-state index is 12.7. The van der Waals surface area contributed by atoms with E-state index in [4.69, 9.17) is 26.6 Å². The van der Waals surface area contributed by atoms with E-state index in [1.807, 2.05) is 26.8 Å². The molecular formula is C42H33ClF6N2O5S3. The van der Waals surface area contributed by atoms with Crippen LogP contribution in [0.25, 0.3) is 27.2 Å². The van der Waals surface area contributed by atoms with Crippen LogP contribution in [0.5, 0.6) is 5.75 Å². The Balaban J connectivity index is 0.000000224. The number of carboxylic acid groups (broad SMARTS) is 2. The fraction of sp³-hybridized carbons (Fsp3) is 0.190. The number of rotatable bonds is 12. The number of aromatic nitrogens is 2. The molecule has 59 heavy (non-hydrogen) atoms. The minimum atomic E-state index is -4.37. The van der Waals surface area contributed by atoms with Gasteiger partial charge in [0.15, 0.2) is 0 Å². The molecule has 0 amide bonds. The molecule has 0 fully saturated rings. The maximum Gasteiger partial charge on any atom is 0.416 e. The van der Waals surface area contributed by atoms with Crippen molar-refractivity contribution in [3.63, 3.8) is 0 Å². The Kier molecular flexibility index (Phi) is 14.7. The molecule has 0 aliphatic carbocycles. The molecule has 0 spiro atoms. The van der Waals surface area contributed by atoms with Gasteiger partial charge in [-0.2, -0.15) is 26.3 Å². The van der Waals surface area contributed by atoms with Crippen molar-refractivity contribution in [1.82, 2.24) is 9.97 Å². The highest BCUT2D eigenvalue weighted by Gasteiger charge is 2.31. The van der Waals surface area contributed by atoms with Crippen molar-refractivity contribution in [3.05, 3.63) is 145 Å². The lowest BCUT2D eigenvalue weighted by Crippen LogP contribution is -2.03. The SMILES string of the molecule is Cc1cc(OCc2sc(-c3ccc(C(F)(F)F)cc3)nc2C)ccc1C=CC(=O)O.Cc1nc(-c2ccc(C(F)(F)F)cc2)sc1CSc1ccc(CC(=O)O)cc1Cl. The van der Waals surface area contributed by atoms with Crippen LogP contribution >= 0.6 is 46.0 Å². The summed E-state index contributed by atoms with van der Waals surface area (Å²) >= 11 is 10.6. The molecule has 0 bridgehead atoms. The Bertz CT molecular complexity index is 2460. The molecule has 0 aliphatic rings. The molecule has 0 aliphatic heterocycles. The zero-order valence-corrected chi connectivity index (χ0v) is 34.4. The summed E-state index contributed by atoms with van der Waals surface area (Å²) in [7, 11) is 0. The first-order chi connectivity index (χ1) is 27.8. The van der Waals surface area contributed by atoms with Gasteiger partial charge in [-0.3, -0.25) is 4.79 Å². The Morgan fingerprint density at radius 1 is 0.763 bits per heavy atom. The van der Waals surface area contributed by atoms with E-state index < -0.39 is 35.4 Å². The van der Waals surface area contributed by atoms with E-state index in [2.05, 4.69) is 9.97 Å². The van der Waals surface area contributed by atoms with Crippen LogP contribution in [0, 0.1) is 20.8 Å². The first-order valence-corrected chi connectivity index (χ1v) is 20.3. The summed E-state index contributed by atoms with van der Waals surface area (Å²) in [5, 5.41) is 19.4. The van der Waals surface area contributed by atoms with Crippen LogP contribution in [0.2, 0.25) is 5.02 Å². The van der Waals surface area contributed by atoms with E-state index in [9.17, 15) is 35.9 Å². The van der Waals surface area contributed by atoms with Crippen molar-refractivity contribution in [2.24, 2.45) is 0 Å². The van der Waals surface area contributed by atoms with E-state index in [1.165, 1.54) is 64.8 Å². The summed E-state index contributed by atoms with van der Waals surface area (Å²) in [4.78, 5) is 33.1. The zero-order chi connectivity index (χ0) is 43.1. The van der Waals surface area contributed by atoms with E-state index in [-0.39, 0.29) is 13.0 Å². The van der Waals surface area contributed by atoms with Gasteiger partial charge < -0.3 is 14.9 Å². The smallest absolute Gasteiger partial charge is 0.416 e. The third-order valence-electron chi connectivity index (χ3n) is 8.43. The van der Waals surface area contributed by atoms with E-state index in [0.717, 1.165) is 67.5 Å². The quantitative estimate of drug-likeness (QED) is 0.0710. The fourth-order valence-corrected chi connectivity index (χ4v) is 8.78. The molecule has 6 rings (SSSR count). The molecule has 6 aromatic rings. The van der Waals surface area contributed by atoms with Gasteiger partial charge in [0.05, 0.1) is 38.8 Å². The van der Waals surface area contributed by atoms with Gasteiger partial charge in [0.2, 0.25) is 0 Å². The summed E-state index contributed by atoms with van der Waals surface area (Å²) in [6.45, 7) is 5.81. The summed E-state index contributed by atoms with van der Waals surface area (Å²) in [6.07, 6.45) is -6.22. The highest BCUT2D eigenvalue weighted by Crippen LogP contribution is 2.37. The number of halogens is 7. The van der Waals surface area contributed by atoms with Gasteiger partial charge in [0.1, 0.15) is 22.4 Å². The zero-order valence-electron chi connectivity index (χ0n) is 31.2. The standard InChI is InChI=1S/C22H18F3NO3S.C20H15ClF3NO2S2/c1-13-11-18(9-5-15(13)6-10-20(27)28)29-12-19-14(2)26-21(30-19)16-3-7-17(8-4-16)22(23,24)25;1-11-17(10-28-16-7-2-12(8-15(16)21)9-18(26)27)29-19(25-11)13-3-5-14(6-4-13)20(22,23)24/h3-11H,12H2,1-2H3,(H,27,28);2-8H,9-10H2,1H3,(H,26,27). The van der Waals surface area contributed by atoms with Gasteiger partial charge in [-0.1, -0.05) is 48.0 Å². The van der Waals surface area contributed by atoms with Crippen LogP contribution < -0.4 is 4.74 Å². The van der Waals surface area contributed by atoms with Crippen LogP contribution in [0.3, 0.4) is 0 Å². The molecule has 2 N–H and O–H groups in total. The number of hydrogen-bond acceptors (Lipinski definition) is 8. The number of carbonyl (C=O) groups is 2. The van der Waals surface area contributed by atoms with Crippen LogP contribution in [0.1, 0.15) is 49.0 Å². The maximum absolute atomic E-state index is 12.7. The number of benzene rings is 4. The average molecular weight is 891 g/mol. The lowest BCUT2D eigenvalue weighted by Gasteiger charge is -2.08. The number of carboxylic acids is 2. The molecular weight excluding hydrogens is 858 g/mol. The summed E-state index contributed by atoms with van der Waals surface area (Å²) in [5.74, 6) is -0.706. The molecule has 0 saturated carbocycles. The number of hydrogen-bond donors (Lipinski definition) is 2. The highest BCUT2D eigenvalue weighted by molar-refractivity contribution is 7.98. The normalized spacial score (nSPS) is 11.7. The van der Waals surface area contributed by atoms with Gasteiger partial charge in [-0.15, -0.1) is 34.4 Å². The summed E-state index contributed by atoms with van der Waals surface area (Å²) in [5.41, 5.74) is 3.73. The molecule has 2 heterocycles. The molecule has 0 radical (unpaired) electrons. The molecule has 7 nitrogen and oxygen atoms in total. The highest BCUT2D eigenvalue weighted by atomic mass is 35.5. The minimum Gasteiger partial charge on any atom is -0.488 e. The van der Waals surface area contributed by atoms with Crippen molar-refractivity contribution in [2.45, 2.75) is 56.8 Å². The van der Waals surface area contributed by atoms with Crippen LogP contribution in [-0.2, 0) is 40.7 Å². The second-order valence-corrected chi connectivity index (χ2v) is 16.4. The molecule has 0 saturated heterocycles. The average Bonchev–Trinajstić information content (AvgIpc) is 3.73. The van der Waals surface area contributed by atoms with Gasteiger partial charge in [-0.05, 0) is 92.1 Å². The number of aliphatic carboxylic acids is 2. The molecule has 308 valence electrons. The van der Waals surface area contributed by atoms with Crippen molar-refractivity contribution in [1.29, 1.82) is 0 Å². The fourth-order valence-electron chi connectivity index (χ4n) is 5.30. The third-order valence-corrected chi connectivity index (χ3v) is 12.5. The topological polar surface area (TPSA) is 110 Å². The Hall–Kier alpha value is -5.16. The second kappa shape index (κ2) is 19.3. The minimum absolute atomic E-state index is 0.0882. The van der Waals surface area contributed by atoms with Crippen molar-refractivity contribution in [3.8, 4) is 26.9 Å². The molecule has 4 aromatic carbocycles. The molecule has 0 atom stereocenters. The molecule has 0 unspecified atom stereocenters. The monoisotopic (exact) mass is 890 g/mol. The predicted molar refractivity (Wildman–Crippen MR) is 219 cm³/mol. The second-order valence-electron chi connectivity index (χ2n) is 12.8. The van der Waals surface area contributed by atoms with Gasteiger partial charge in [0, 0.05) is 32.7 Å². The number of nitrogens with zero attached hydrogens (tertiary/aromatic N) is 2. The van der Waals surface area contributed by atoms with Crippen molar-refractivity contribution in [2.75, 3.05) is 0 Å². The number of alkyl halides is 6. The Morgan fingerprint density at radius 2 is 1.31 bits per heavy atom. The molecule has 2 aromatic heterocycles. The van der Waals surface area contributed by atoms with Crippen LogP contribution in [-0.4, -0.2) is 32.1 Å². The predicted octanol–water partition coefficient (Wildman–Crippen LogP) is 12.8. The Labute approximate surface area is 352 Å². The Morgan fingerprint density at radius 3 is 1.80 bits per heavy atom. The van der Waals surface area contributed by atoms with E-state index >= 15 is 0 Å². The summed E-state index contributed by atoms with van der Waals surface area (Å²) < 4.78 is 82.1. The number of thiazole rings is 2. The third kappa shape index (κ3) is 12.7. The number of thioether (sulfide) groups is 1. The van der Waals surface area contributed by atoms with Gasteiger partial charge in [0.25, 0.3) is 0 Å². The lowest BCUT2D eigenvalue weighted by atomic mass is 10.1. The summed E-state index contributed by atoms with van der Waals surface area (Å²) in [6, 6.07) is 20.4. The largest absolute Gasteiger partial charge is 0.488 e. The van der Waals surface area contributed by atoms with Gasteiger partial charge in [-0.25, -0.2) is 14.8 Å². The van der Waals surface area contributed by atoms with Gasteiger partial charge >= 0.3 is 24.3 Å². The molecule has 17 heteroatoms. The first-order valence-electron chi connectivity index (χ1n) is 17.3. The van der Waals surface area contributed by atoms with Crippen LogP contribution in [0.15, 0.2) is 95.9 Å². The number of aryl methyl sites for hydroxylation is 3. The van der Waals surface area contributed by atoms with Crippen LogP contribution in [0.4, 0.5) is 26.3 Å². The van der Waals surface area contributed by atoms with Crippen molar-refractivity contribution < 1.29 is 50.9 Å². The van der Waals surface area contributed by atoms with E-state index in [0.29, 0.717) is 43.2 Å². The van der Waals surface area contributed by atoms with E-state index in [1.54, 1.807) is 30.3 Å². The number of ether oxygens (including phenoxy) is 1. The van der Waals surface area contributed by atoms with Crippen molar-refractivity contribution >= 4 is 64.1 Å². The lowest BCUT2D eigenvalue weighted by molar-refractivity contribution is -0.138.